The Morgan fingerprint density at radius 1 is 1.05 bits per heavy atom. The van der Waals surface area contributed by atoms with Crippen LogP contribution in [0.25, 0.3) is 0 Å². The normalized spacial score (nSPS) is 14.4. The lowest BCUT2D eigenvalue weighted by atomic mass is 10.1. The molecule has 0 bridgehead atoms. The minimum absolute atomic E-state index is 0.699. The van der Waals surface area contributed by atoms with Crippen LogP contribution in [0.15, 0.2) is 48.5 Å². The van der Waals surface area contributed by atoms with Gasteiger partial charge >= 0.3 is 0 Å². The summed E-state index contributed by atoms with van der Waals surface area (Å²) in [6, 6.07) is 18.4. The van der Waals surface area contributed by atoms with Crippen molar-refractivity contribution in [1.29, 1.82) is 5.26 Å². The second-order valence-electron chi connectivity index (χ2n) is 4.62. The van der Waals surface area contributed by atoms with Crippen LogP contribution in [0.1, 0.15) is 11.1 Å². The zero-order valence-corrected chi connectivity index (χ0v) is 10.6. The second-order valence-corrected chi connectivity index (χ2v) is 4.62. The average molecular weight is 249 g/mol. The summed E-state index contributed by atoms with van der Waals surface area (Å²) in [4.78, 5) is 2.30. The van der Waals surface area contributed by atoms with Crippen molar-refractivity contribution in [1.82, 2.24) is 5.32 Å². The highest BCUT2D eigenvalue weighted by atomic mass is 15.2. The van der Waals surface area contributed by atoms with Crippen LogP contribution in [-0.4, -0.2) is 13.1 Å². The Balaban J connectivity index is 2.01. The standard InChI is InChI=1S/C16H15N3/c17-11-13-5-7-15(8-6-13)19-10-9-18-12-14-3-1-2-4-16(14)19/h1-8,18H,9-10,12H2. The van der Waals surface area contributed by atoms with Gasteiger partial charge in [-0.05, 0) is 35.9 Å². The molecule has 2 aromatic rings. The molecule has 3 nitrogen and oxygen atoms in total. The number of para-hydroxylation sites is 1. The van der Waals surface area contributed by atoms with Gasteiger partial charge in [0.2, 0.25) is 0 Å². The van der Waals surface area contributed by atoms with Gasteiger partial charge in [-0.2, -0.15) is 5.26 Å². The van der Waals surface area contributed by atoms with Crippen molar-refractivity contribution in [2.24, 2.45) is 0 Å². The Bertz CT molecular complexity index is 611. The Labute approximate surface area is 113 Å². The monoisotopic (exact) mass is 249 g/mol. The maximum absolute atomic E-state index is 8.87. The summed E-state index contributed by atoms with van der Waals surface area (Å²) in [6.45, 7) is 2.79. The quantitative estimate of drug-likeness (QED) is 0.844. The molecule has 0 amide bonds. The van der Waals surface area contributed by atoms with Crippen LogP contribution >= 0.6 is 0 Å². The SMILES string of the molecule is N#Cc1ccc(N2CCNCc3ccccc32)cc1. The molecule has 1 heterocycles. The van der Waals surface area contributed by atoms with Gasteiger partial charge in [0.1, 0.15) is 0 Å². The molecule has 1 N–H and O–H groups in total. The predicted molar refractivity (Wildman–Crippen MR) is 76.3 cm³/mol. The van der Waals surface area contributed by atoms with Crippen molar-refractivity contribution >= 4 is 11.4 Å². The molecule has 0 fully saturated rings. The van der Waals surface area contributed by atoms with E-state index in [9.17, 15) is 0 Å². The number of fused-ring (bicyclic) bond motifs is 1. The molecule has 1 aliphatic heterocycles. The second kappa shape index (κ2) is 5.13. The van der Waals surface area contributed by atoms with Crippen LogP contribution in [0.4, 0.5) is 11.4 Å². The van der Waals surface area contributed by atoms with E-state index in [1.54, 1.807) is 0 Å². The molecular weight excluding hydrogens is 234 g/mol. The lowest BCUT2D eigenvalue weighted by Crippen LogP contribution is -2.24. The van der Waals surface area contributed by atoms with E-state index >= 15 is 0 Å². The van der Waals surface area contributed by atoms with E-state index in [0.29, 0.717) is 5.56 Å². The summed E-state index contributed by atoms with van der Waals surface area (Å²) < 4.78 is 0. The van der Waals surface area contributed by atoms with E-state index in [4.69, 9.17) is 5.26 Å². The Kier molecular flexibility index (Phi) is 3.18. The first-order valence-corrected chi connectivity index (χ1v) is 6.45. The van der Waals surface area contributed by atoms with Crippen LogP contribution in [0.5, 0.6) is 0 Å². The molecule has 94 valence electrons. The topological polar surface area (TPSA) is 39.1 Å². The van der Waals surface area contributed by atoms with E-state index < -0.39 is 0 Å². The van der Waals surface area contributed by atoms with Gasteiger partial charge < -0.3 is 10.2 Å². The van der Waals surface area contributed by atoms with Gasteiger partial charge in [0.15, 0.2) is 0 Å². The number of hydrogen-bond donors (Lipinski definition) is 1. The Hall–Kier alpha value is -2.31. The van der Waals surface area contributed by atoms with Crippen molar-refractivity contribution in [2.75, 3.05) is 18.0 Å². The molecule has 2 aromatic carbocycles. The van der Waals surface area contributed by atoms with Crippen molar-refractivity contribution in [3.05, 3.63) is 59.7 Å². The molecular formula is C16H15N3. The zero-order valence-electron chi connectivity index (χ0n) is 10.6. The highest BCUT2D eigenvalue weighted by Gasteiger charge is 2.15. The maximum Gasteiger partial charge on any atom is 0.0991 e. The summed E-state index contributed by atoms with van der Waals surface area (Å²) in [5.41, 5.74) is 4.39. The van der Waals surface area contributed by atoms with Crippen LogP contribution < -0.4 is 10.2 Å². The molecule has 0 aromatic heterocycles. The summed E-state index contributed by atoms with van der Waals surface area (Å²) in [5, 5.41) is 12.3. The van der Waals surface area contributed by atoms with E-state index in [2.05, 4.69) is 40.6 Å². The van der Waals surface area contributed by atoms with Crippen molar-refractivity contribution < 1.29 is 0 Å². The fraction of sp³-hybridized carbons (Fsp3) is 0.188. The summed E-state index contributed by atoms with van der Waals surface area (Å²) >= 11 is 0. The molecule has 0 saturated carbocycles. The van der Waals surface area contributed by atoms with E-state index in [1.807, 2.05) is 24.3 Å². The largest absolute Gasteiger partial charge is 0.340 e. The minimum Gasteiger partial charge on any atom is -0.340 e. The van der Waals surface area contributed by atoms with Crippen molar-refractivity contribution in [3.8, 4) is 6.07 Å². The number of rotatable bonds is 1. The first-order chi connectivity index (χ1) is 9.38. The Morgan fingerprint density at radius 3 is 2.63 bits per heavy atom. The van der Waals surface area contributed by atoms with Crippen LogP contribution in [0.2, 0.25) is 0 Å². The molecule has 3 rings (SSSR count). The fourth-order valence-corrected chi connectivity index (χ4v) is 2.44. The van der Waals surface area contributed by atoms with Crippen LogP contribution in [-0.2, 0) is 6.54 Å². The smallest absolute Gasteiger partial charge is 0.0991 e. The fourth-order valence-electron chi connectivity index (χ4n) is 2.44. The van der Waals surface area contributed by atoms with Gasteiger partial charge in [0.05, 0.1) is 11.6 Å². The molecule has 0 unspecified atom stereocenters. The van der Waals surface area contributed by atoms with Gasteiger partial charge in [0.25, 0.3) is 0 Å². The lowest BCUT2D eigenvalue weighted by molar-refractivity contribution is 0.712. The number of benzene rings is 2. The highest BCUT2D eigenvalue weighted by Crippen LogP contribution is 2.29. The molecule has 0 atom stereocenters. The third-order valence-electron chi connectivity index (χ3n) is 3.42. The van der Waals surface area contributed by atoms with Gasteiger partial charge in [0, 0.05) is 31.0 Å². The van der Waals surface area contributed by atoms with E-state index in [1.165, 1.54) is 11.3 Å². The van der Waals surface area contributed by atoms with Gasteiger partial charge in [-0.1, -0.05) is 18.2 Å². The summed E-state index contributed by atoms with van der Waals surface area (Å²) in [6.07, 6.45) is 0. The average Bonchev–Trinajstić information content (AvgIpc) is 2.70. The van der Waals surface area contributed by atoms with E-state index in [-0.39, 0.29) is 0 Å². The minimum atomic E-state index is 0.699. The molecule has 0 radical (unpaired) electrons. The molecule has 19 heavy (non-hydrogen) atoms. The molecule has 1 aliphatic rings. The first-order valence-electron chi connectivity index (χ1n) is 6.45. The Morgan fingerprint density at radius 2 is 1.84 bits per heavy atom. The molecule has 3 heteroatoms. The van der Waals surface area contributed by atoms with Crippen LogP contribution in [0.3, 0.4) is 0 Å². The number of hydrogen-bond acceptors (Lipinski definition) is 3. The highest BCUT2D eigenvalue weighted by molar-refractivity contribution is 5.67. The summed E-state index contributed by atoms with van der Waals surface area (Å²) in [7, 11) is 0. The van der Waals surface area contributed by atoms with Gasteiger partial charge in [-0.15, -0.1) is 0 Å². The number of nitrogens with zero attached hydrogens (tertiary/aromatic N) is 2. The number of nitriles is 1. The van der Waals surface area contributed by atoms with Crippen LogP contribution in [0, 0.1) is 11.3 Å². The van der Waals surface area contributed by atoms with Crippen molar-refractivity contribution in [3.63, 3.8) is 0 Å². The maximum atomic E-state index is 8.87. The molecule has 0 spiro atoms. The third-order valence-corrected chi connectivity index (χ3v) is 3.42. The van der Waals surface area contributed by atoms with E-state index in [0.717, 1.165) is 25.3 Å². The summed E-state index contributed by atoms with van der Waals surface area (Å²) in [5.74, 6) is 0. The zero-order chi connectivity index (χ0) is 13.1. The first kappa shape index (κ1) is 11.8. The molecule has 0 aliphatic carbocycles. The van der Waals surface area contributed by atoms with Gasteiger partial charge in [-0.25, -0.2) is 0 Å². The number of anilines is 2. The number of nitrogens with one attached hydrogen (secondary N) is 1. The lowest BCUT2D eigenvalue weighted by Gasteiger charge is -2.24. The third kappa shape index (κ3) is 2.31. The van der Waals surface area contributed by atoms with Crippen molar-refractivity contribution in [2.45, 2.75) is 6.54 Å². The predicted octanol–water partition coefficient (Wildman–Crippen LogP) is 2.80. The molecule has 0 saturated heterocycles. The van der Waals surface area contributed by atoms with Gasteiger partial charge in [-0.3, -0.25) is 0 Å².